The number of piperazine rings is 1. The molecule has 6 nitrogen and oxygen atoms in total. The average molecular weight is 393 g/mol. The molecule has 2 heterocycles. The van der Waals surface area contributed by atoms with E-state index >= 15 is 0 Å². The van der Waals surface area contributed by atoms with E-state index in [2.05, 4.69) is 15.2 Å². The highest BCUT2D eigenvalue weighted by Crippen LogP contribution is 2.29. The lowest BCUT2D eigenvalue weighted by Gasteiger charge is -2.34. The quantitative estimate of drug-likeness (QED) is 0.799. The van der Waals surface area contributed by atoms with Crippen molar-refractivity contribution in [2.24, 2.45) is 0 Å². The summed E-state index contributed by atoms with van der Waals surface area (Å²) >= 11 is 0. The highest BCUT2D eigenvalue weighted by atomic mass is 19.4. The van der Waals surface area contributed by atoms with Crippen molar-refractivity contribution in [1.82, 2.24) is 20.1 Å². The van der Waals surface area contributed by atoms with Gasteiger partial charge in [-0.1, -0.05) is 19.9 Å². The van der Waals surface area contributed by atoms with Crippen LogP contribution in [0, 0.1) is 0 Å². The second-order valence-electron chi connectivity index (χ2n) is 6.57. The molecule has 0 bridgehead atoms. The molecule has 0 N–H and O–H groups in total. The van der Waals surface area contributed by atoms with E-state index in [9.17, 15) is 18.0 Å². The topological polar surface area (TPSA) is 62.2 Å². The van der Waals surface area contributed by atoms with Crippen molar-refractivity contribution in [2.45, 2.75) is 32.9 Å². The molecule has 1 aliphatic rings. The number of carbonyl (C=O) groups is 1. The van der Waals surface area contributed by atoms with Crippen LogP contribution in [0.1, 0.15) is 41.2 Å². The molecule has 1 aromatic heterocycles. The average Bonchev–Trinajstić information content (AvgIpc) is 2.72. The van der Waals surface area contributed by atoms with Gasteiger partial charge in [0.15, 0.2) is 0 Å². The first-order chi connectivity index (χ1) is 13.3. The number of hydrogen-bond acceptors (Lipinski definition) is 5. The Bertz CT molecular complexity index is 848. The Morgan fingerprint density at radius 1 is 1.04 bits per heavy atom. The number of anilines is 1. The lowest BCUT2D eigenvalue weighted by atomic mass is 10.1. The van der Waals surface area contributed by atoms with Crippen LogP contribution in [0.4, 0.5) is 19.1 Å². The fraction of sp³-hybridized carbons (Fsp3) is 0.474. The van der Waals surface area contributed by atoms with Gasteiger partial charge in [-0.2, -0.15) is 18.3 Å². The first-order valence-corrected chi connectivity index (χ1v) is 9.27. The van der Waals surface area contributed by atoms with Crippen molar-refractivity contribution in [3.05, 3.63) is 46.8 Å². The monoisotopic (exact) mass is 393 g/mol. The second-order valence-corrected chi connectivity index (χ2v) is 6.57. The van der Waals surface area contributed by atoms with Crippen molar-refractivity contribution >= 4 is 11.9 Å². The van der Waals surface area contributed by atoms with Gasteiger partial charge in [0.25, 0.3) is 5.91 Å². The second kappa shape index (κ2) is 8.12. The number of hydrogen-bond donors (Lipinski definition) is 0. The van der Waals surface area contributed by atoms with E-state index in [1.807, 2.05) is 18.7 Å². The lowest BCUT2D eigenvalue weighted by Crippen LogP contribution is -2.49. The Morgan fingerprint density at radius 3 is 2.32 bits per heavy atom. The molecule has 150 valence electrons. The van der Waals surface area contributed by atoms with Crippen LogP contribution in [0.2, 0.25) is 0 Å². The van der Waals surface area contributed by atoms with E-state index in [-0.39, 0.29) is 5.56 Å². The molecule has 0 saturated carbocycles. The summed E-state index contributed by atoms with van der Waals surface area (Å²) in [7, 11) is 0. The van der Waals surface area contributed by atoms with Crippen LogP contribution in [0.3, 0.4) is 0 Å². The smallest absolute Gasteiger partial charge is 0.336 e. The minimum Gasteiger partial charge on any atom is -0.336 e. The molecule has 1 aromatic carbocycles. The predicted molar refractivity (Wildman–Crippen MR) is 98.1 cm³/mol. The van der Waals surface area contributed by atoms with Gasteiger partial charge >= 0.3 is 6.18 Å². The normalized spacial score (nSPS) is 15.0. The predicted octanol–water partition coefficient (Wildman–Crippen LogP) is 2.98. The van der Waals surface area contributed by atoms with Crippen molar-refractivity contribution < 1.29 is 18.0 Å². The molecule has 2 aromatic rings. The molecule has 0 radical (unpaired) electrons. The number of alkyl halides is 3. The highest BCUT2D eigenvalue weighted by Gasteiger charge is 2.32. The van der Waals surface area contributed by atoms with Crippen LogP contribution in [0.25, 0.3) is 0 Å². The fourth-order valence-electron chi connectivity index (χ4n) is 3.18. The van der Waals surface area contributed by atoms with E-state index < -0.39 is 17.6 Å². The summed E-state index contributed by atoms with van der Waals surface area (Å²) in [6, 6.07) is 4.53. The van der Waals surface area contributed by atoms with Crippen LogP contribution in [-0.4, -0.2) is 52.2 Å². The number of carbonyl (C=O) groups excluding carboxylic acids is 1. The van der Waals surface area contributed by atoms with Crippen LogP contribution >= 0.6 is 0 Å². The number of halogens is 3. The maximum Gasteiger partial charge on any atom is 0.416 e. The molecule has 28 heavy (non-hydrogen) atoms. The van der Waals surface area contributed by atoms with Crippen LogP contribution in [0.15, 0.2) is 24.3 Å². The van der Waals surface area contributed by atoms with E-state index in [1.165, 1.54) is 12.1 Å². The summed E-state index contributed by atoms with van der Waals surface area (Å²) in [4.78, 5) is 20.7. The van der Waals surface area contributed by atoms with E-state index in [1.54, 1.807) is 4.90 Å². The van der Waals surface area contributed by atoms with Crippen LogP contribution in [0.5, 0.6) is 0 Å². The molecule has 9 heteroatoms. The van der Waals surface area contributed by atoms with Gasteiger partial charge < -0.3 is 9.80 Å². The van der Waals surface area contributed by atoms with Crippen molar-refractivity contribution in [3.63, 3.8) is 0 Å². The third-order valence-electron chi connectivity index (χ3n) is 4.78. The van der Waals surface area contributed by atoms with E-state index in [0.29, 0.717) is 32.1 Å². The minimum absolute atomic E-state index is 0.0433. The largest absolute Gasteiger partial charge is 0.416 e. The van der Waals surface area contributed by atoms with Gasteiger partial charge in [0.05, 0.1) is 17.0 Å². The summed E-state index contributed by atoms with van der Waals surface area (Å²) in [6.07, 6.45) is -2.94. The number of rotatable bonds is 4. The molecule has 1 saturated heterocycles. The van der Waals surface area contributed by atoms with Crippen LogP contribution in [-0.2, 0) is 19.0 Å². The Labute approximate surface area is 161 Å². The molecule has 1 aliphatic heterocycles. The molecule has 0 atom stereocenters. The van der Waals surface area contributed by atoms with Gasteiger partial charge in [-0.05, 0) is 31.0 Å². The van der Waals surface area contributed by atoms with Crippen molar-refractivity contribution in [1.29, 1.82) is 0 Å². The minimum atomic E-state index is -4.47. The summed E-state index contributed by atoms with van der Waals surface area (Å²) in [6.45, 7) is 5.79. The number of aromatic nitrogens is 3. The third kappa shape index (κ3) is 4.23. The molecule has 0 aliphatic carbocycles. The number of aryl methyl sites for hydroxylation is 2. The zero-order valence-electron chi connectivity index (χ0n) is 15.8. The van der Waals surface area contributed by atoms with Gasteiger partial charge in [0.2, 0.25) is 5.95 Å². The molecule has 1 fully saturated rings. The Morgan fingerprint density at radius 2 is 1.71 bits per heavy atom. The maximum absolute atomic E-state index is 12.9. The molecule has 0 unspecified atom stereocenters. The number of amides is 1. The summed E-state index contributed by atoms with van der Waals surface area (Å²) < 4.78 is 38.6. The first-order valence-electron chi connectivity index (χ1n) is 9.27. The van der Waals surface area contributed by atoms with Gasteiger partial charge in [-0.15, -0.1) is 5.10 Å². The summed E-state index contributed by atoms with van der Waals surface area (Å²) in [5, 5.41) is 8.42. The number of nitrogens with zero attached hydrogens (tertiary/aromatic N) is 5. The SMILES string of the molecule is CCc1nnc(N2CCN(C(=O)c3cccc(C(F)(F)F)c3)CC2)nc1CC. The maximum atomic E-state index is 12.9. The van der Waals surface area contributed by atoms with Crippen molar-refractivity contribution in [3.8, 4) is 0 Å². The third-order valence-corrected chi connectivity index (χ3v) is 4.78. The molecule has 3 rings (SSSR count). The zero-order chi connectivity index (χ0) is 20.3. The van der Waals surface area contributed by atoms with Crippen molar-refractivity contribution in [2.75, 3.05) is 31.1 Å². The molecular weight excluding hydrogens is 371 g/mol. The Kier molecular flexibility index (Phi) is 5.81. The molecular formula is C19H22F3N5O. The van der Waals surface area contributed by atoms with E-state index in [4.69, 9.17) is 0 Å². The Balaban J connectivity index is 1.68. The van der Waals surface area contributed by atoms with Gasteiger partial charge in [-0.3, -0.25) is 4.79 Å². The molecule has 0 spiro atoms. The van der Waals surface area contributed by atoms with Crippen LogP contribution < -0.4 is 4.90 Å². The van der Waals surface area contributed by atoms with Gasteiger partial charge in [0, 0.05) is 31.7 Å². The number of benzene rings is 1. The van der Waals surface area contributed by atoms with Gasteiger partial charge in [0.1, 0.15) is 0 Å². The lowest BCUT2D eigenvalue weighted by molar-refractivity contribution is -0.137. The standard InChI is InChI=1S/C19H22F3N5O/c1-3-15-16(4-2)24-25-18(23-15)27-10-8-26(9-11-27)17(28)13-6-5-7-14(12-13)19(20,21)22/h5-7,12H,3-4,8-11H2,1-2H3. The Hall–Kier alpha value is -2.71. The van der Waals surface area contributed by atoms with Gasteiger partial charge in [-0.25, -0.2) is 4.98 Å². The zero-order valence-corrected chi connectivity index (χ0v) is 15.8. The highest BCUT2D eigenvalue weighted by molar-refractivity contribution is 5.94. The van der Waals surface area contributed by atoms with E-state index in [0.717, 1.165) is 36.4 Å². The fourth-order valence-corrected chi connectivity index (χ4v) is 3.18. The molecule has 1 amide bonds. The first kappa shape index (κ1) is 20.0. The summed E-state index contributed by atoms with van der Waals surface area (Å²) in [5.41, 5.74) is 1.01. The summed E-state index contributed by atoms with van der Waals surface area (Å²) in [5.74, 6) is 0.126.